The molecule has 1 aromatic heterocycles. The van der Waals surface area contributed by atoms with E-state index in [9.17, 15) is 0 Å². The highest BCUT2D eigenvalue weighted by Crippen LogP contribution is 2.33. The standard InChI is InChI=1S/C13H19N3O/c14-10-4-3-7-15-13(10)16-8-9-17-12-6-2-1-5-11(12)16/h3-4,7,11-12H,1-2,5-6,8-9,14H2. The molecule has 2 atom stereocenters. The zero-order valence-corrected chi connectivity index (χ0v) is 10.0. The molecule has 0 radical (unpaired) electrons. The lowest BCUT2D eigenvalue weighted by molar-refractivity contribution is -0.00892. The molecule has 2 fully saturated rings. The van der Waals surface area contributed by atoms with E-state index in [-0.39, 0.29) is 0 Å². The van der Waals surface area contributed by atoms with Crippen molar-refractivity contribution in [1.82, 2.24) is 4.98 Å². The fraction of sp³-hybridized carbons (Fsp3) is 0.615. The van der Waals surface area contributed by atoms with E-state index in [1.165, 1.54) is 25.7 Å². The molecule has 3 rings (SSSR count). The van der Waals surface area contributed by atoms with Gasteiger partial charge in [-0.25, -0.2) is 4.98 Å². The minimum atomic E-state index is 0.374. The van der Waals surface area contributed by atoms with Crippen molar-refractivity contribution in [2.24, 2.45) is 0 Å². The Kier molecular flexibility index (Phi) is 2.89. The average molecular weight is 233 g/mol. The van der Waals surface area contributed by atoms with Crippen LogP contribution in [0.2, 0.25) is 0 Å². The third-order valence-electron chi connectivity index (χ3n) is 3.82. The van der Waals surface area contributed by atoms with E-state index < -0.39 is 0 Å². The number of aromatic nitrogens is 1. The smallest absolute Gasteiger partial charge is 0.152 e. The number of nitrogen functional groups attached to an aromatic ring is 1. The molecule has 1 aromatic rings. The van der Waals surface area contributed by atoms with Gasteiger partial charge in [-0.05, 0) is 25.0 Å². The maximum absolute atomic E-state index is 6.03. The van der Waals surface area contributed by atoms with E-state index in [0.29, 0.717) is 12.1 Å². The maximum atomic E-state index is 6.03. The SMILES string of the molecule is Nc1cccnc1N1CCOC2CCCCC21. The first-order chi connectivity index (χ1) is 8.36. The molecule has 2 aliphatic rings. The topological polar surface area (TPSA) is 51.4 Å². The van der Waals surface area contributed by atoms with E-state index in [1.807, 2.05) is 18.3 Å². The van der Waals surface area contributed by atoms with Crippen LogP contribution in [0.4, 0.5) is 11.5 Å². The Morgan fingerprint density at radius 3 is 3.12 bits per heavy atom. The first-order valence-corrected chi connectivity index (χ1v) is 6.45. The van der Waals surface area contributed by atoms with Gasteiger partial charge in [0.1, 0.15) is 0 Å². The lowest BCUT2D eigenvalue weighted by atomic mass is 9.90. The highest BCUT2D eigenvalue weighted by atomic mass is 16.5. The third kappa shape index (κ3) is 1.97. The predicted octanol–water partition coefficient (Wildman–Crippen LogP) is 1.81. The summed E-state index contributed by atoms with van der Waals surface area (Å²) in [4.78, 5) is 6.79. The average Bonchev–Trinajstić information content (AvgIpc) is 2.39. The van der Waals surface area contributed by atoms with E-state index in [2.05, 4.69) is 9.88 Å². The second-order valence-electron chi connectivity index (χ2n) is 4.87. The number of rotatable bonds is 1. The van der Waals surface area contributed by atoms with Crippen LogP contribution in [0.5, 0.6) is 0 Å². The molecule has 17 heavy (non-hydrogen) atoms. The molecule has 92 valence electrons. The van der Waals surface area contributed by atoms with Crippen molar-refractivity contribution in [3.8, 4) is 0 Å². The van der Waals surface area contributed by atoms with Gasteiger partial charge in [-0.2, -0.15) is 0 Å². The Balaban J connectivity index is 1.88. The van der Waals surface area contributed by atoms with Gasteiger partial charge in [0.2, 0.25) is 0 Å². The fourth-order valence-electron chi connectivity index (χ4n) is 3.01. The van der Waals surface area contributed by atoms with Crippen molar-refractivity contribution in [1.29, 1.82) is 0 Å². The van der Waals surface area contributed by atoms with Crippen LogP contribution in [-0.2, 0) is 4.74 Å². The number of pyridine rings is 1. The van der Waals surface area contributed by atoms with E-state index in [0.717, 1.165) is 24.7 Å². The molecular formula is C13H19N3O. The summed E-state index contributed by atoms with van der Waals surface area (Å²) in [5.74, 6) is 0.938. The van der Waals surface area contributed by atoms with Crippen molar-refractivity contribution in [2.75, 3.05) is 23.8 Å². The summed E-state index contributed by atoms with van der Waals surface area (Å²) >= 11 is 0. The van der Waals surface area contributed by atoms with Crippen LogP contribution >= 0.6 is 0 Å². The van der Waals surface area contributed by atoms with E-state index >= 15 is 0 Å². The number of hydrogen-bond acceptors (Lipinski definition) is 4. The Bertz CT molecular complexity index is 394. The molecule has 4 heteroatoms. The lowest BCUT2D eigenvalue weighted by Crippen LogP contribution is -2.53. The molecule has 0 spiro atoms. The molecule has 1 saturated carbocycles. The van der Waals surface area contributed by atoms with Gasteiger partial charge in [-0.15, -0.1) is 0 Å². The van der Waals surface area contributed by atoms with Crippen LogP contribution in [0.25, 0.3) is 0 Å². The van der Waals surface area contributed by atoms with Gasteiger partial charge in [0, 0.05) is 12.7 Å². The van der Waals surface area contributed by atoms with E-state index in [1.54, 1.807) is 0 Å². The molecule has 2 heterocycles. The Morgan fingerprint density at radius 2 is 2.24 bits per heavy atom. The highest BCUT2D eigenvalue weighted by molar-refractivity contribution is 5.63. The Hall–Kier alpha value is -1.29. The summed E-state index contributed by atoms with van der Waals surface area (Å²) in [6.07, 6.45) is 7.13. The van der Waals surface area contributed by atoms with Crippen LogP contribution in [0.1, 0.15) is 25.7 Å². The Labute approximate surface area is 102 Å². The predicted molar refractivity (Wildman–Crippen MR) is 68.0 cm³/mol. The maximum Gasteiger partial charge on any atom is 0.152 e. The molecule has 2 unspecified atom stereocenters. The van der Waals surface area contributed by atoms with Gasteiger partial charge in [0.05, 0.1) is 24.4 Å². The fourth-order valence-corrected chi connectivity index (χ4v) is 3.01. The summed E-state index contributed by atoms with van der Waals surface area (Å²) in [5.41, 5.74) is 6.80. The summed E-state index contributed by atoms with van der Waals surface area (Å²) in [6, 6.07) is 4.28. The highest BCUT2D eigenvalue weighted by Gasteiger charge is 2.35. The van der Waals surface area contributed by atoms with Gasteiger partial charge in [-0.3, -0.25) is 0 Å². The number of nitrogens with zero attached hydrogens (tertiary/aromatic N) is 2. The number of hydrogen-bond donors (Lipinski definition) is 1. The van der Waals surface area contributed by atoms with Crippen LogP contribution in [0.3, 0.4) is 0 Å². The Morgan fingerprint density at radius 1 is 1.35 bits per heavy atom. The number of morpholine rings is 1. The normalized spacial score (nSPS) is 28.8. The van der Waals surface area contributed by atoms with Crippen molar-refractivity contribution in [3.63, 3.8) is 0 Å². The molecular weight excluding hydrogens is 214 g/mol. The number of nitrogens with two attached hydrogens (primary N) is 1. The van der Waals surface area contributed by atoms with Gasteiger partial charge in [-0.1, -0.05) is 12.8 Å². The zero-order chi connectivity index (χ0) is 11.7. The molecule has 1 saturated heterocycles. The largest absolute Gasteiger partial charge is 0.396 e. The first kappa shape index (κ1) is 10.8. The van der Waals surface area contributed by atoms with Gasteiger partial charge < -0.3 is 15.4 Å². The second kappa shape index (κ2) is 4.53. The zero-order valence-electron chi connectivity index (χ0n) is 10.0. The van der Waals surface area contributed by atoms with Crippen molar-refractivity contribution < 1.29 is 4.74 Å². The summed E-state index contributed by atoms with van der Waals surface area (Å²) in [6.45, 7) is 1.69. The molecule has 2 N–H and O–H groups in total. The van der Waals surface area contributed by atoms with E-state index in [4.69, 9.17) is 10.5 Å². The summed E-state index contributed by atoms with van der Waals surface area (Å²) in [7, 11) is 0. The summed E-state index contributed by atoms with van der Waals surface area (Å²) < 4.78 is 5.86. The molecule has 0 amide bonds. The molecule has 1 aliphatic carbocycles. The quantitative estimate of drug-likeness (QED) is 0.803. The van der Waals surface area contributed by atoms with Gasteiger partial charge in [0.25, 0.3) is 0 Å². The lowest BCUT2D eigenvalue weighted by Gasteiger charge is -2.44. The molecule has 1 aliphatic heterocycles. The molecule has 0 bridgehead atoms. The van der Waals surface area contributed by atoms with Crippen LogP contribution in [0.15, 0.2) is 18.3 Å². The van der Waals surface area contributed by atoms with Crippen LogP contribution < -0.4 is 10.6 Å². The third-order valence-corrected chi connectivity index (χ3v) is 3.82. The minimum Gasteiger partial charge on any atom is -0.396 e. The van der Waals surface area contributed by atoms with Crippen molar-refractivity contribution in [2.45, 2.75) is 37.8 Å². The monoisotopic (exact) mass is 233 g/mol. The number of anilines is 2. The van der Waals surface area contributed by atoms with Crippen molar-refractivity contribution in [3.05, 3.63) is 18.3 Å². The van der Waals surface area contributed by atoms with Crippen LogP contribution in [-0.4, -0.2) is 30.3 Å². The summed E-state index contributed by atoms with van der Waals surface area (Å²) in [5, 5.41) is 0. The van der Waals surface area contributed by atoms with Crippen molar-refractivity contribution >= 4 is 11.5 Å². The number of ether oxygens (including phenoxy) is 1. The molecule has 0 aromatic carbocycles. The van der Waals surface area contributed by atoms with Gasteiger partial charge >= 0.3 is 0 Å². The molecule has 4 nitrogen and oxygen atoms in total. The number of fused-ring (bicyclic) bond motifs is 1. The second-order valence-corrected chi connectivity index (χ2v) is 4.87. The van der Waals surface area contributed by atoms with Crippen LogP contribution in [0, 0.1) is 0 Å². The first-order valence-electron chi connectivity index (χ1n) is 6.45. The van der Waals surface area contributed by atoms with Gasteiger partial charge in [0.15, 0.2) is 5.82 Å². The minimum absolute atomic E-state index is 0.374.